The van der Waals surface area contributed by atoms with E-state index in [1.54, 1.807) is 27.4 Å². The first kappa shape index (κ1) is 23.1. The van der Waals surface area contributed by atoms with Gasteiger partial charge in [0.15, 0.2) is 0 Å². The van der Waals surface area contributed by atoms with Gasteiger partial charge in [-0.1, -0.05) is 35.9 Å². The number of nitrogens with zero attached hydrogens (tertiary/aromatic N) is 4. The van der Waals surface area contributed by atoms with Gasteiger partial charge in [-0.2, -0.15) is 4.31 Å². The molecule has 0 N–H and O–H groups in total. The fourth-order valence-corrected chi connectivity index (χ4v) is 6.62. The fraction of sp³-hybridized carbons (Fsp3) is 0.375. The maximum absolute atomic E-state index is 13.0. The van der Waals surface area contributed by atoms with Crippen molar-refractivity contribution in [2.24, 2.45) is 0 Å². The molecule has 3 aromatic rings. The van der Waals surface area contributed by atoms with Gasteiger partial charge in [0, 0.05) is 30.9 Å². The van der Waals surface area contributed by atoms with Crippen LogP contribution in [0.1, 0.15) is 30.4 Å². The maximum atomic E-state index is 13.0. The standard InChI is InChI=1S/C24H26N4O4S2/c1-17-6-5-7-19(14-17)23-25-26-24(32-23)33-16-22(29)28-13-10-18-15-20(8-9-21(18)28)34(30,31)27-11-3-2-4-12-27/h5-9,14-15H,2-4,10-13,16H2,1H3. The van der Waals surface area contributed by atoms with Crippen molar-refractivity contribution in [3.8, 4) is 11.5 Å². The molecule has 34 heavy (non-hydrogen) atoms. The Morgan fingerprint density at radius 3 is 2.68 bits per heavy atom. The van der Waals surface area contributed by atoms with E-state index in [4.69, 9.17) is 4.42 Å². The molecule has 1 saturated heterocycles. The lowest BCUT2D eigenvalue weighted by Crippen LogP contribution is -2.35. The third-order valence-electron chi connectivity index (χ3n) is 6.19. The van der Waals surface area contributed by atoms with E-state index in [9.17, 15) is 13.2 Å². The topological polar surface area (TPSA) is 96.6 Å². The monoisotopic (exact) mass is 498 g/mol. The molecule has 1 aromatic heterocycles. The third kappa shape index (κ3) is 4.62. The number of aryl methyl sites for hydroxylation is 1. The van der Waals surface area contributed by atoms with Crippen LogP contribution in [0, 0.1) is 6.92 Å². The Hall–Kier alpha value is -2.69. The molecule has 2 aromatic carbocycles. The molecule has 8 nitrogen and oxygen atoms in total. The summed E-state index contributed by atoms with van der Waals surface area (Å²) < 4.78 is 33.3. The molecule has 1 fully saturated rings. The second kappa shape index (κ2) is 9.52. The third-order valence-corrected chi connectivity index (χ3v) is 8.89. The number of fused-ring (bicyclic) bond motifs is 1. The number of piperidine rings is 1. The summed E-state index contributed by atoms with van der Waals surface area (Å²) in [4.78, 5) is 14.9. The average Bonchev–Trinajstić information content (AvgIpc) is 3.50. The van der Waals surface area contributed by atoms with Crippen molar-refractivity contribution in [2.45, 2.75) is 42.7 Å². The predicted molar refractivity (Wildman–Crippen MR) is 130 cm³/mol. The number of carbonyl (C=O) groups excluding carboxylic acids is 1. The molecular formula is C24H26N4O4S2. The van der Waals surface area contributed by atoms with Crippen LogP contribution in [0.5, 0.6) is 0 Å². The highest BCUT2D eigenvalue weighted by molar-refractivity contribution is 7.99. The maximum Gasteiger partial charge on any atom is 0.277 e. The van der Waals surface area contributed by atoms with Gasteiger partial charge < -0.3 is 9.32 Å². The molecule has 5 rings (SSSR count). The van der Waals surface area contributed by atoms with Crippen molar-refractivity contribution in [3.63, 3.8) is 0 Å². The van der Waals surface area contributed by atoms with Crippen LogP contribution in [0.3, 0.4) is 0 Å². The molecule has 10 heteroatoms. The average molecular weight is 499 g/mol. The molecule has 0 aliphatic carbocycles. The van der Waals surface area contributed by atoms with Gasteiger partial charge in [0.1, 0.15) is 0 Å². The van der Waals surface area contributed by atoms with E-state index < -0.39 is 10.0 Å². The van der Waals surface area contributed by atoms with Gasteiger partial charge in [-0.05, 0) is 62.1 Å². The Bertz CT molecular complexity index is 1320. The minimum absolute atomic E-state index is 0.0781. The van der Waals surface area contributed by atoms with Crippen molar-refractivity contribution >= 4 is 33.4 Å². The highest BCUT2D eigenvalue weighted by Crippen LogP contribution is 2.33. The molecule has 1 amide bonds. The zero-order chi connectivity index (χ0) is 23.7. The highest BCUT2D eigenvalue weighted by Gasteiger charge is 2.30. The molecule has 0 bridgehead atoms. The van der Waals surface area contributed by atoms with Crippen molar-refractivity contribution in [1.29, 1.82) is 0 Å². The first-order chi connectivity index (χ1) is 16.4. The number of carbonyl (C=O) groups is 1. The normalized spacial score (nSPS) is 16.6. The quantitative estimate of drug-likeness (QED) is 0.476. The molecular weight excluding hydrogens is 472 g/mol. The zero-order valence-corrected chi connectivity index (χ0v) is 20.6. The molecule has 0 unspecified atom stereocenters. The first-order valence-electron chi connectivity index (χ1n) is 11.4. The molecule has 2 aliphatic rings. The number of benzene rings is 2. The zero-order valence-electron chi connectivity index (χ0n) is 18.9. The van der Waals surface area contributed by atoms with Crippen molar-refractivity contribution in [2.75, 3.05) is 30.3 Å². The molecule has 0 spiro atoms. The summed E-state index contributed by atoms with van der Waals surface area (Å²) in [5, 5.41) is 8.48. The number of amides is 1. The van der Waals surface area contributed by atoms with Crippen LogP contribution in [-0.2, 0) is 21.2 Å². The van der Waals surface area contributed by atoms with Crippen LogP contribution >= 0.6 is 11.8 Å². The van der Waals surface area contributed by atoms with Crippen molar-refractivity contribution < 1.29 is 17.6 Å². The first-order valence-corrected chi connectivity index (χ1v) is 13.8. The Balaban J connectivity index is 1.25. The fourth-order valence-electron chi connectivity index (χ4n) is 4.42. The van der Waals surface area contributed by atoms with Crippen LogP contribution in [0.2, 0.25) is 0 Å². The van der Waals surface area contributed by atoms with E-state index in [-0.39, 0.29) is 11.7 Å². The number of hydrogen-bond donors (Lipinski definition) is 0. The number of aromatic nitrogens is 2. The SMILES string of the molecule is Cc1cccc(-c2nnc(SCC(=O)N3CCc4cc(S(=O)(=O)N5CCCCC5)ccc43)o2)c1. The van der Waals surface area contributed by atoms with Gasteiger partial charge in [-0.15, -0.1) is 10.2 Å². The van der Waals surface area contributed by atoms with Gasteiger partial charge >= 0.3 is 0 Å². The van der Waals surface area contributed by atoms with Gasteiger partial charge in [0.25, 0.3) is 5.22 Å². The number of sulfonamides is 1. The second-order valence-corrected chi connectivity index (χ2v) is 11.4. The van der Waals surface area contributed by atoms with Gasteiger partial charge in [0.2, 0.25) is 21.8 Å². The van der Waals surface area contributed by atoms with E-state index >= 15 is 0 Å². The summed E-state index contributed by atoms with van der Waals surface area (Å²) in [5.74, 6) is 0.501. The van der Waals surface area contributed by atoms with Gasteiger partial charge in [0.05, 0.1) is 10.6 Å². The van der Waals surface area contributed by atoms with Gasteiger partial charge in [-0.25, -0.2) is 8.42 Å². The summed E-state index contributed by atoms with van der Waals surface area (Å²) in [6.07, 6.45) is 3.50. The molecule has 0 radical (unpaired) electrons. The minimum atomic E-state index is -3.49. The molecule has 0 atom stereocenters. The smallest absolute Gasteiger partial charge is 0.277 e. The Morgan fingerprint density at radius 1 is 1.06 bits per heavy atom. The summed E-state index contributed by atoms with van der Waals surface area (Å²) >= 11 is 1.20. The van der Waals surface area contributed by atoms with E-state index in [2.05, 4.69) is 10.2 Å². The lowest BCUT2D eigenvalue weighted by Gasteiger charge is -2.26. The van der Waals surface area contributed by atoms with E-state index in [1.807, 2.05) is 31.2 Å². The number of hydrogen-bond acceptors (Lipinski definition) is 7. The van der Waals surface area contributed by atoms with Crippen LogP contribution < -0.4 is 4.90 Å². The van der Waals surface area contributed by atoms with Crippen molar-refractivity contribution in [1.82, 2.24) is 14.5 Å². The van der Waals surface area contributed by atoms with Crippen LogP contribution in [0.15, 0.2) is 57.0 Å². The van der Waals surface area contributed by atoms with Crippen LogP contribution in [-0.4, -0.2) is 54.2 Å². The predicted octanol–water partition coefficient (Wildman–Crippen LogP) is 3.90. The van der Waals surface area contributed by atoms with Crippen molar-refractivity contribution in [3.05, 3.63) is 53.6 Å². The summed E-state index contributed by atoms with van der Waals surface area (Å²) in [6, 6.07) is 12.9. The largest absolute Gasteiger partial charge is 0.411 e. The lowest BCUT2D eigenvalue weighted by molar-refractivity contribution is -0.116. The summed E-state index contributed by atoms with van der Waals surface area (Å²) in [5.41, 5.74) is 3.60. The van der Waals surface area contributed by atoms with E-state index in [0.29, 0.717) is 42.1 Å². The van der Waals surface area contributed by atoms with Crippen LogP contribution in [0.25, 0.3) is 11.5 Å². The summed E-state index contributed by atoms with van der Waals surface area (Å²) in [7, 11) is -3.49. The summed E-state index contributed by atoms with van der Waals surface area (Å²) in [6.45, 7) is 3.67. The number of anilines is 1. The second-order valence-electron chi connectivity index (χ2n) is 8.58. The highest BCUT2D eigenvalue weighted by atomic mass is 32.2. The van der Waals surface area contributed by atoms with E-state index in [1.165, 1.54) is 11.8 Å². The molecule has 3 heterocycles. The Labute approximate surface area is 203 Å². The van der Waals surface area contributed by atoms with E-state index in [0.717, 1.165) is 41.6 Å². The van der Waals surface area contributed by atoms with Crippen LogP contribution in [0.4, 0.5) is 5.69 Å². The minimum Gasteiger partial charge on any atom is -0.411 e. The van der Waals surface area contributed by atoms with Gasteiger partial charge in [-0.3, -0.25) is 4.79 Å². The lowest BCUT2D eigenvalue weighted by atomic mass is 10.1. The molecule has 2 aliphatic heterocycles. The number of rotatable bonds is 6. The Kier molecular flexibility index (Phi) is 6.46. The molecule has 0 saturated carbocycles. The number of thioether (sulfide) groups is 1. The molecule has 178 valence electrons. The Morgan fingerprint density at radius 2 is 1.88 bits per heavy atom.